The summed E-state index contributed by atoms with van der Waals surface area (Å²) in [5.41, 5.74) is 3.51. The lowest BCUT2D eigenvalue weighted by Crippen LogP contribution is -1.95. The fraction of sp³-hybridized carbons (Fsp3) is 0.125. The van der Waals surface area contributed by atoms with Crippen molar-refractivity contribution in [2.75, 3.05) is 0 Å². The van der Waals surface area contributed by atoms with E-state index in [1.54, 1.807) is 0 Å². The molecule has 0 radical (unpaired) electrons. The molecule has 1 aromatic heterocycles. The fourth-order valence-electron chi connectivity index (χ4n) is 2.70. The quantitative estimate of drug-likeness (QED) is 0.537. The number of aromatic nitrogens is 1. The molecule has 2 aromatic carbocycles. The number of hydrogen-bond donors (Lipinski definition) is 0. The summed E-state index contributed by atoms with van der Waals surface area (Å²) < 4.78 is 0. The van der Waals surface area contributed by atoms with E-state index in [9.17, 15) is 0 Å². The zero-order chi connectivity index (χ0) is 11.9. The Morgan fingerprint density at radius 3 is 2.83 bits per heavy atom. The molecule has 3 aromatic rings. The number of rotatable bonds is 0. The van der Waals surface area contributed by atoms with Gasteiger partial charge in [-0.2, -0.15) is 0 Å². The Morgan fingerprint density at radius 2 is 1.83 bits per heavy atom. The van der Waals surface area contributed by atoms with E-state index in [1.165, 1.54) is 21.7 Å². The lowest BCUT2D eigenvalue weighted by atomic mass is 9.97. The molecule has 0 N–H and O–H groups in total. The minimum absolute atomic E-state index is 1.04. The molecular weight excluding hydrogens is 220 g/mol. The normalized spacial score (nSPS) is 14.0. The summed E-state index contributed by atoms with van der Waals surface area (Å²) in [6, 6.07) is 12.7. The fourth-order valence-corrected chi connectivity index (χ4v) is 2.70. The molecule has 0 saturated heterocycles. The van der Waals surface area contributed by atoms with E-state index in [0.717, 1.165) is 24.0 Å². The average Bonchev–Trinajstić information content (AvgIpc) is 2.46. The van der Waals surface area contributed by atoms with Crippen molar-refractivity contribution >= 4 is 33.6 Å². The Kier molecular flexibility index (Phi) is 1.97. The van der Waals surface area contributed by atoms with Crippen molar-refractivity contribution in [3.05, 3.63) is 48.2 Å². The minimum atomic E-state index is 1.04. The van der Waals surface area contributed by atoms with Gasteiger partial charge in [0.25, 0.3) is 0 Å². The Hall–Kier alpha value is -2.22. The highest BCUT2D eigenvalue weighted by atomic mass is 14.7. The monoisotopic (exact) mass is 232 g/mol. The van der Waals surface area contributed by atoms with Gasteiger partial charge in [-0.05, 0) is 29.9 Å². The minimum Gasteiger partial charge on any atom is -0.260 e. The van der Waals surface area contributed by atoms with Gasteiger partial charge in [0.05, 0.1) is 11.2 Å². The predicted molar refractivity (Wildman–Crippen MR) is 75.7 cm³/mol. The number of nitrogens with zero attached hydrogens (tertiary/aromatic N) is 2. The van der Waals surface area contributed by atoms with Gasteiger partial charge in [0.1, 0.15) is 0 Å². The molecule has 0 saturated carbocycles. The van der Waals surface area contributed by atoms with Crippen molar-refractivity contribution in [2.24, 2.45) is 4.99 Å². The summed E-state index contributed by atoms with van der Waals surface area (Å²) in [6.07, 6.45) is 5.99. The second-order valence-electron chi connectivity index (χ2n) is 4.66. The molecule has 0 atom stereocenters. The van der Waals surface area contributed by atoms with E-state index in [1.807, 2.05) is 18.5 Å². The SMILES string of the molecule is C1=Nc2c(ccc3ccc4cccnc4c23)CC1. The van der Waals surface area contributed by atoms with E-state index in [2.05, 4.69) is 40.3 Å². The van der Waals surface area contributed by atoms with Crippen LogP contribution in [0.25, 0.3) is 21.7 Å². The maximum absolute atomic E-state index is 4.61. The molecule has 1 aliphatic rings. The highest BCUT2D eigenvalue weighted by Gasteiger charge is 2.12. The van der Waals surface area contributed by atoms with Gasteiger partial charge in [-0.3, -0.25) is 9.98 Å². The summed E-state index contributed by atoms with van der Waals surface area (Å²) in [5, 5.41) is 3.60. The number of aryl methyl sites for hydroxylation is 1. The maximum Gasteiger partial charge on any atom is 0.0802 e. The van der Waals surface area contributed by atoms with E-state index in [-0.39, 0.29) is 0 Å². The summed E-state index contributed by atoms with van der Waals surface area (Å²) in [7, 11) is 0. The first-order valence-corrected chi connectivity index (χ1v) is 6.25. The van der Waals surface area contributed by atoms with E-state index < -0.39 is 0 Å². The molecule has 1 aliphatic heterocycles. The molecule has 2 nitrogen and oxygen atoms in total. The van der Waals surface area contributed by atoms with Crippen molar-refractivity contribution in [3.63, 3.8) is 0 Å². The zero-order valence-corrected chi connectivity index (χ0v) is 9.93. The summed E-state index contributed by atoms with van der Waals surface area (Å²) in [4.78, 5) is 9.15. The summed E-state index contributed by atoms with van der Waals surface area (Å²) in [5.74, 6) is 0. The Bertz CT molecular complexity index is 788. The molecule has 0 aliphatic carbocycles. The second kappa shape index (κ2) is 3.64. The van der Waals surface area contributed by atoms with Crippen LogP contribution in [0.1, 0.15) is 12.0 Å². The van der Waals surface area contributed by atoms with Gasteiger partial charge in [0, 0.05) is 23.2 Å². The van der Waals surface area contributed by atoms with Crippen LogP contribution in [0, 0.1) is 0 Å². The summed E-state index contributed by atoms with van der Waals surface area (Å²) in [6.45, 7) is 0. The van der Waals surface area contributed by atoms with E-state index in [0.29, 0.717) is 0 Å². The van der Waals surface area contributed by atoms with Gasteiger partial charge in [0.2, 0.25) is 0 Å². The lowest BCUT2D eigenvalue weighted by Gasteiger charge is -2.13. The third-order valence-electron chi connectivity index (χ3n) is 3.58. The molecular formula is C16H12N2. The van der Waals surface area contributed by atoms with Crippen LogP contribution in [0.15, 0.2) is 47.6 Å². The largest absolute Gasteiger partial charge is 0.260 e. The zero-order valence-electron chi connectivity index (χ0n) is 9.93. The standard InChI is InChI=1S/C16H12N2/c1-3-12-7-5-11-6-8-13-4-2-10-18-16(13)14(11)15(12)17-9-1/h1,3,5-10H,2,4H2. The van der Waals surface area contributed by atoms with Crippen molar-refractivity contribution < 1.29 is 0 Å². The smallest absolute Gasteiger partial charge is 0.0802 e. The number of aliphatic imine (C=N–C) groups is 1. The van der Waals surface area contributed by atoms with E-state index >= 15 is 0 Å². The first-order chi connectivity index (χ1) is 8.93. The first-order valence-electron chi connectivity index (χ1n) is 6.25. The van der Waals surface area contributed by atoms with Crippen LogP contribution in [0.2, 0.25) is 0 Å². The predicted octanol–water partition coefficient (Wildman–Crippen LogP) is 4.04. The number of pyridine rings is 1. The Morgan fingerprint density at radius 1 is 0.944 bits per heavy atom. The van der Waals surface area contributed by atoms with Crippen LogP contribution in [0.4, 0.5) is 5.69 Å². The molecule has 0 amide bonds. The van der Waals surface area contributed by atoms with Gasteiger partial charge < -0.3 is 0 Å². The van der Waals surface area contributed by atoms with E-state index in [4.69, 9.17) is 0 Å². The Labute approximate surface area is 105 Å². The van der Waals surface area contributed by atoms with Crippen molar-refractivity contribution in [3.8, 4) is 0 Å². The molecule has 0 bridgehead atoms. The van der Waals surface area contributed by atoms with Gasteiger partial charge in [-0.15, -0.1) is 0 Å². The Balaban J connectivity index is 2.26. The van der Waals surface area contributed by atoms with Crippen molar-refractivity contribution in [2.45, 2.75) is 12.8 Å². The highest BCUT2D eigenvalue weighted by molar-refractivity contribution is 6.12. The third-order valence-corrected chi connectivity index (χ3v) is 3.58. The maximum atomic E-state index is 4.61. The van der Waals surface area contributed by atoms with Crippen LogP contribution in [-0.4, -0.2) is 11.2 Å². The van der Waals surface area contributed by atoms with Gasteiger partial charge >= 0.3 is 0 Å². The molecule has 86 valence electrons. The van der Waals surface area contributed by atoms with Crippen LogP contribution in [0.5, 0.6) is 0 Å². The number of hydrogen-bond acceptors (Lipinski definition) is 2. The molecule has 0 spiro atoms. The van der Waals surface area contributed by atoms with Crippen LogP contribution < -0.4 is 0 Å². The topological polar surface area (TPSA) is 25.2 Å². The molecule has 18 heavy (non-hydrogen) atoms. The van der Waals surface area contributed by atoms with Crippen LogP contribution in [0.3, 0.4) is 0 Å². The second-order valence-corrected chi connectivity index (χ2v) is 4.66. The highest BCUT2D eigenvalue weighted by Crippen LogP contribution is 2.36. The molecule has 2 heterocycles. The first kappa shape index (κ1) is 9.77. The van der Waals surface area contributed by atoms with Gasteiger partial charge in [-0.25, -0.2) is 0 Å². The van der Waals surface area contributed by atoms with Gasteiger partial charge in [0.15, 0.2) is 0 Å². The van der Waals surface area contributed by atoms with Gasteiger partial charge in [-0.1, -0.05) is 30.3 Å². The van der Waals surface area contributed by atoms with Crippen LogP contribution in [-0.2, 0) is 6.42 Å². The average molecular weight is 232 g/mol. The summed E-state index contributed by atoms with van der Waals surface area (Å²) >= 11 is 0. The molecule has 0 unspecified atom stereocenters. The molecule has 2 heteroatoms. The number of fused-ring (bicyclic) bond motifs is 5. The molecule has 0 fully saturated rings. The number of benzene rings is 2. The third kappa shape index (κ3) is 1.29. The lowest BCUT2D eigenvalue weighted by molar-refractivity contribution is 1.03. The molecule has 4 rings (SSSR count). The van der Waals surface area contributed by atoms with Crippen LogP contribution >= 0.6 is 0 Å². The van der Waals surface area contributed by atoms with Crippen molar-refractivity contribution in [1.29, 1.82) is 0 Å². The van der Waals surface area contributed by atoms with Crippen molar-refractivity contribution in [1.82, 2.24) is 4.98 Å².